The first-order valence-corrected chi connectivity index (χ1v) is 11.6. The summed E-state index contributed by atoms with van der Waals surface area (Å²) in [6.07, 6.45) is 9.94. The normalized spacial score (nSPS) is 42.4. The zero-order chi connectivity index (χ0) is 21.0. The van der Waals surface area contributed by atoms with Crippen LogP contribution in [0.1, 0.15) is 78.6 Å². The third-order valence-corrected chi connectivity index (χ3v) is 9.53. The molecule has 3 fully saturated rings. The molecule has 0 aliphatic heterocycles. The number of ketones is 2. The highest BCUT2D eigenvalue weighted by atomic mass is 16.5. The number of Topliss-reactive ketones (excluding diaryl/α,β-unsaturated/α-hetero) is 1. The van der Waals surface area contributed by atoms with Crippen molar-refractivity contribution in [1.29, 1.82) is 0 Å². The molecule has 4 aliphatic carbocycles. The summed E-state index contributed by atoms with van der Waals surface area (Å²) in [7, 11) is 1.44. The van der Waals surface area contributed by atoms with Crippen LogP contribution >= 0.6 is 0 Å². The number of carbonyl (C=O) groups is 3. The summed E-state index contributed by atoms with van der Waals surface area (Å²) in [5.74, 6) is 2.54. The average molecular weight is 401 g/mol. The van der Waals surface area contributed by atoms with Gasteiger partial charge in [0.25, 0.3) is 0 Å². The smallest absolute Gasteiger partial charge is 0.305 e. The molecule has 4 heteroatoms. The lowest BCUT2D eigenvalue weighted by Crippen LogP contribution is -2.51. The lowest BCUT2D eigenvalue weighted by atomic mass is 9.48. The molecule has 0 spiro atoms. The highest BCUT2D eigenvalue weighted by molar-refractivity contribution is 5.97. The van der Waals surface area contributed by atoms with Crippen molar-refractivity contribution in [2.24, 2.45) is 40.4 Å². The highest BCUT2D eigenvalue weighted by Crippen LogP contribution is 2.65. The number of hydrogen-bond donors (Lipinski definition) is 0. The van der Waals surface area contributed by atoms with Gasteiger partial charge in [-0.2, -0.15) is 0 Å². The Hall–Kier alpha value is -1.45. The number of fused-ring (bicyclic) bond motifs is 5. The average Bonchev–Trinajstić information content (AvgIpc) is 3.06. The van der Waals surface area contributed by atoms with Gasteiger partial charge in [-0.3, -0.25) is 14.4 Å². The molecule has 29 heavy (non-hydrogen) atoms. The summed E-state index contributed by atoms with van der Waals surface area (Å²) < 4.78 is 4.82. The predicted octanol–water partition coefficient (Wildman–Crippen LogP) is 4.90. The molecular formula is C25H36O4. The van der Waals surface area contributed by atoms with Gasteiger partial charge in [0.05, 0.1) is 7.11 Å². The van der Waals surface area contributed by atoms with Crippen molar-refractivity contribution in [2.75, 3.05) is 7.11 Å². The minimum Gasteiger partial charge on any atom is -0.469 e. The maximum Gasteiger partial charge on any atom is 0.305 e. The molecule has 0 unspecified atom stereocenters. The Labute approximate surface area is 174 Å². The Morgan fingerprint density at radius 3 is 2.69 bits per heavy atom. The standard InChI is InChI=1S/C25H36O4/c1-15(5-10-23(28)29-4)19-8-9-20-18-7-6-16-13-17(26)11-12-24(16,2)21(18)14-22(27)25(19,20)3/h14-16,18-20H,5-13H2,1-4H3/t15-,16+,18-,19-,20+,24+,25+/m0/s1. The van der Waals surface area contributed by atoms with Crippen LogP contribution in [0.4, 0.5) is 0 Å². The van der Waals surface area contributed by atoms with Crippen molar-refractivity contribution in [1.82, 2.24) is 0 Å². The summed E-state index contributed by atoms with van der Waals surface area (Å²) in [5.41, 5.74) is 1.09. The van der Waals surface area contributed by atoms with E-state index in [1.165, 1.54) is 12.7 Å². The summed E-state index contributed by atoms with van der Waals surface area (Å²) in [4.78, 5) is 37.3. The summed E-state index contributed by atoms with van der Waals surface area (Å²) in [5, 5.41) is 0. The van der Waals surface area contributed by atoms with E-state index in [0.29, 0.717) is 60.4 Å². The molecule has 0 amide bonds. The van der Waals surface area contributed by atoms with Crippen LogP contribution in [-0.4, -0.2) is 24.6 Å². The van der Waals surface area contributed by atoms with Crippen molar-refractivity contribution in [3.05, 3.63) is 11.6 Å². The van der Waals surface area contributed by atoms with Crippen molar-refractivity contribution < 1.29 is 19.1 Å². The van der Waals surface area contributed by atoms with Gasteiger partial charge in [0, 0.05) is 24.7 Å². The fourth-order valence-electron chi connectivity index (χ4n) is 7.70. The molecule has 7 atom stereocenters. The van der Waals surface area contributed by atoms with Crippen LogP contribution in [0.2, 0.25) is 0 Å². The first-order valence-electron chi connectivity index (χ1n) is 11.6. The first-order chi connectivity index (χ1) is 13.7. The van der Waals surface area contributed by atoms with Crippen molar-refractivity contribution in [3.8, 4) is 0 Å². The predicted molar refractivity (Wildman–Crippen MR) is 111 cm³/mol. The Morgan fingerprint density at radius 2 is 1.97 bits per heavy atom. The molecule has 4 aliphatic rings. The third kappa shape index (κ3) is 3.13. The van der Waals surface area contributed by atoms with E-state index < -0.39 is 0 Å². The molecule has 0 aromatic carbocycles. The van der Waals surface area contributed by atoms with Crippen LogP contribution in [0.15, 0.2) is 11.6 Å². The monoisotopic (exact) mass is 400 g/mol. The number of carbonyl (C=O) groups excluding carboxylic acids is 3. The van der Waals surface area contributed by atoms with Crippen LogP contribution in [0.3, 0.4) is 0 Å². The zero-order valence-electron chi connectivity index (χ0n) is 18.5. The third-order valence-electron chi connectivity index (χ3n) is 9.53. The van der Waals surface area contributed by atoms with E-state index in [1.54, 1.807) is 0 Å². The Balaban J connectivity index is 1.61. The Kier molecular flexibility index (Phi) is 5.28. The van der Waals surface area contributed by atoms with Gasteiger partial charge in [0.1, 0.15) is 5.78 Å². The number of rotatable bonds is 4. The van der Waals surface area contributed by atoms with Crippen LogP contribution in [0.25, 0.3) is 0 Å². The van der Waals surface area contributed by atoms with E-state index in [-0.39, 0.29) is 16.8 Å². The quantitative estimate of drug-likeness (QED) is 0.630. The topological polar surface area (TPSA) is 60.4 Å². The second-order valence-corrected chi connectivity index (χ2v) is 10.7. The van der Waals surface area contributed by atoms with Gasteiger partial charge in [-0.1, -0.05) is 26.3 Å². The molecule has 0 heterocycles. The second kappa shape index (κ2) is 7.35. The van der Waals surface area contributed by atoms with E-state index in [9.17, 15) is 14.4 Å². The number of esters is 1. The molecule has 0 radical (unpaired) electrons. The van der Waals surface area contributed by atoms with Gasteiger partial charge in [-0.05, 0) is 79.6 Å². The van der Waals surface area contributed by atoms with E-state index in [4.69, 9.17) is 4.74 Å². The minimum absolute atomic E-state index is 0.0302. The van der Waals surface area contributed by atoms with Gasteiger partial charge in [0.2, 0.25) is 0 Å². The van der Waals surface area contributed by atoms with Gasteiger partial charge < -0.3 is 4.74 Å². The molecule has 0 bridgehead atoms. The molecule has 4 nitrogen and oxygen atoms in total. The fraction of sp³-hybridized carbons (Fsp3) is 0.800. The van der Waals surface area contributed by atoms with Crippen LogP contribution < -0.4 is 0 Å². The van der Waals surface area contributed by atoms with Crippen molar-refractivity contribution >= 4 is 17.5 Å². The molecule has 0 aromatic heterocycles. The number of ether oxygens (including phenoxy) is 1. The maximum atomic E-state index is 13.6. The van der Waals surface area contributed by atoms with E-state index in [0.717, 1.165) is 38.5 Å². The SMILES string of the molecule is COC(=O)CC[C@H](C)[C@@H]1CC[C@@H]2[C@@H]3CC[C@@H]4CC(=O)CC[C@@]4(C)C3=CC(=O)[C@@]21C. The van der Waals surface area contributed by atoms with Gasteiger partial charge in [-0.25, -0.2) is 0 Å². The maximum absolute atomic E-state index is 13.6. The van der Waals surface area contributed by atoms with Crippen LogP contribution in [-0.2, 0) is 19.1 Å². The number of hydrogen-bond acceptors (Lipinski definition) is 4. The molecule has 0 saturated heterocycles. The fourth-order valence-corrected chi connectivity index (χ4v) is 7.70. The molecule has 3 saturated carbocycles. The second-order valence-electron chi connectivity index (χ2n) is 10.7. The van der Waals surface area contributed by atoms with Gasteiger partial charge >= 0.3 is 5.97 Å². The van der Waals surface area contributed by atoms with E-state index in [1.807, 2.05) is 6.08 Å². The lowest BCUT2D eigenvalue weighted by molar-refractivity contribution is -0.141. The molecular weight excluding hydrogens is 364 g/mol. The van der Waals surface area contributed by atoms with E-state index in [2.05, 4.69) is 20.8 Å². The van der Waals surface area contributed by atoms with E-state index >= 15 is 0 Å². The molecule has 4 rings (SSSR count). The zero-order valence-corrected chi connectivity index (χ0v) is 18.5. The largest absolute Gasteiger partial charge is 0.469 e. The molecule has 160 valence electrons. The lowest BCUT2D eigenvalue weighted by Gasteiger charge is -2.55. The minimum atomic E-state index is -0.308. The summed E-state index contributed by atoms with van der Waals surface area (Å²) >= 11 is 0. The van der Waals surface area contributed by atoms with Crippen LogP contribution in [0, 0.1) is 40.4 Å². The van der Waals surface area contributed by atoms with Crippen molar-refractivity contribution in [3.63, 3.8) is 0 Å². The summed E-state index contributed by atoms with van der Waals surface area (Å²) in [6, 6.07) is 0. The number of methoxy groups -OCH3 is 1. The first kappa shape index (κ1) is 20.8. The highest BCUT2D eigenvalue weighted by Gasteiger charge is 2.61. The Bertz CT molecular complexity index is 752. The van der Waals surface area contributed by atoms with Crippen LogP contribution in [0.5, 0.6) is 0 Å². The number of allylic oxidation sites excluding steroid dienone is 2. The molecule has 0 aromatic rings. The van der Waals surface area contributed by atoms with Gasteiger partial charge in [-0.15, -0.1) is 0 Å². The van der Waals surface area contributed by atoms with Gasteiger partial charge in [0.15, 0.2) is 5.78 Å². The Morgan fingerprint density at radius 1 is 1.21 bits per heavy atom. The van der Waals surface area contributed by atoms with Crippen molar-refractivity contribution in [2.45, 2.75) is 78.6 Å². The molecule has 0 N–H and O–H groups in total. The summed E-state index contributed by atoms with van der Waals surface area (Å²) in [6.45, 7) is 6.74.